The first-order valence-electron chi connectivity index (χ1n) is 5.28. The lowest BCUT2D eigenvalue weighted by atomic mass is 10.2. The number of halogens is 1. The maximum Gasteiger partial charge on any atom is 0.329 e. The molecular weight excluding hydrogens is 314 g/mol. The summed E-state index contributed by atoms with van der Waals surface area (Å²) in [6.45, 7) is 1.88. The van der Waals surface area contributed by atoms with E-state index in [0.29, 0.717) is 5.69 Å². The molecule has 2 aromatic rings. The Morgan fingerprint density at radius 3 is 2.89 bits per heavy atom. The van der Waals surface area contributed by atoms with Crippen LogP contribution < -0.4 is 11.1 Å². The molecular formula is C11H10BrN5O2. The van der Waals surface area contributed by atoms with E-state index in [9.17, 15) is 10.1 Å². The van der Waals surface area contributed by atoms with Crippen molar-refractivity contribution in [3.8, 4) is 0 Å². The Hall–Kier alpha value is -2.22. The molecule has 1 aromatic carbocycles. The lowest BCUT2D eigenvalue weighted by molar-refractivity contribution is -0.384. The van der Waals surface area contributed by atoms with Crippen LogP contribution in [0, 0.1) is 17.0 Å². The summed E-state index contributed by atoms with van der Waals surface area (Å²) < 4.78 is 0.891. The van der Waals surface area contributed by atoms with Crippen molar-refractivity contribution in [2.75, 3.05) is 11.1 Å². The number of anilines is 3. The molecule has 0 saturated carbocycles. The van der Waals surface area contributed by atoms with Crippen LogP contribution in [0.5, 0.6) is 0 Å². The topological polar surface area (TPSA) is 107 Å². The zero-order valence-corrected chi connectivity index (χ0v) is 11.5. The van der Waals surface area contributed by atoms with Crippen LogP contribution in [0.1, 0.15) is 5.56 Å². The molecule has 0 unspecified atom stereocenters. The number of hydrogen-bond donors (Lipinski definition) is 2. The van der Waals surface area contributed by atoms with Crippen molar-refractivity contribution in [1.29, 1.82) is 0 Å². The monoisotopic (exact) mass is 323 g/mol. The summed E-state index contributed by atoms with van der Waals surface area (Å²) in [6.07, 6.45) is 1.08. The van der Waals surface area contributed by atoms with Gasteiger partial charge in [0.05, 0.1) is 4.92 Å². The third-order valence-electron chi connectivity index (χ3n) is 2.51. The van der Waals surface area contributed by atoms with Crippen LogP contribution in [-0.2, 0) is 0 Å². The van der Waals surface area contributed by atoms with E-state index in [1.54, 1.807) is 6.07 Å². The van der Waals surface area contributed by atoms with Gasteiger partial charge in [0.15, 0.2) is 0 Å². The van der Waals surface area contributed by atoms with Crippen molar-refractivity contribution in [2.45, 2.75) is 6.92 Å². The minimum atomic E-state index is -0.560. The van der Waals surface area contributed by atoms with Crippen LogP contribution in [0.15, 0.2) is 28.9 Å². The first-order chi connectivity index (χ1) is 8.99. The number of nitrogens with one attached hydrogen (secondary N) is 1. The third kappa shape index (κ3) is 2.79. The highest BCUT2D eigenvalue weighted by Crippen LogP contribution is 2.29. The fourth-order valence-electron chi connectivity index (χ4n) is 1.49. The summed E-state index contributed by atoms with van der Waals surface area (Å²) in [6, 6.07) is 5.49. The number of aromatic nitrogens is 2. The molecule has 1 heterocycles. The minimum Gasteiger partial charge on any atom is -0.368 e. The van der Waals surface area contributed by atoms with E-state index in [4.69, 9.17) is 5.73 Å². The third-order valence-corrected chi connectivity index (χ3v) is 3.36. The first-order valence-corrected chi connectivity index (χ1v) is 6.07. The number of nitrogen functional groups attached to an aromatic ring is 1. The van der Waals surface area contributed by atoms with Gasteiger partial charge in [-0.1, -0.05) is 22.0 Å². The predicted octanol–water partition coefficient (Wildman–Crippen LogP) is 2.78. The van der Waals surface area contributed by atoms with Gasteiger partial charge in [-0.2, -0.15) is 4.98 Å². The fraction of sp³-hybridized carbons (Fsp3) is 0.0909. The molecule has 1 aromatic heterocycles. The Labute approximate surface area is 117 Å². The van der Waals surface area contributed by atoms with Crippen molar-refractivity contribution in [2.24, 2.45) is 0 Å². The second-order valence-electron chi connectivity index (χ2n) is 3.76. The molecule has 0 aliphatic rings. The summed E-state index contributed by atoms with van der Waals surface area (Å²) in [7, 11) is 0. The average molecular weight is 324 g/mol. The standard InChI is InChI=1S/C11H10BrN5O2/c1-6-7(12)3-2-4-8(6)15-10-9(17(18)19)5-14-11(13)16-10/h2-5H,1H3,(H3,13,14,15,16). The van der Waals surface area contributed by atoms with E-state index in [1.807, 2.05) is 19.1 Å². The second-order valence-corrected chi connectivity index (χ2v) is 4.61. The van der Waals surface area contributed by atoms with Crippen LogP contribution in [-0.4, -0.2) is 14.9 Å². The highest BCUT2D eigenvalue weighted by Gasteiger charge is 2.17. The molecule has 19 heavy (non-hydrogen) atoms. The van der Waals surface area contributed by atoms with Crippen molar-refractivity contribution in [1.82, 2.24) is 9.97 Å². The lowest BCUT2D eigenvalue weighted by Gasteiger charge is -2.10. The zero-order chi connectivity index (χ0) is 14.0. The van der Waals surface area contributed by atoms with Crippen molar-refractivity contribution in [3.63, 3.8) is 0 Å². The Kier molecular flexibility index (Phi) is 3.61. The van der Waals surface area contributed by atoms with E-state index >= 15 is 0 Å². The Bertz CT molecular complexity index is 647. The molecule has 0 bridgehead atoms. The van der Waals surface area contributed by atoms with Gasteiger partial charge in [0.25, 0.3) is 0 Å². The largest absolute Gasteiger partial charge is 0.368 e. The first kappa shape index (κ1) is 13.2. The second kappa shape index (κ2) is 5.19. The van der Waals surface area contributed by atoms with Gasteiger partial charge < -0.3 is 11.1 Å². The molecule has 7 nitrogen and oxygen atoms in total. The number of benzene rings is 1. The summed E-state index contributed by atoms with van der Waals surface area (Å²) in [5.41, 5.74) is 6.84. The SMILES string of the molecule is Cc1c(Br)cccc1Nc1nc(N)ncc1[N+](=O)[O-]. The van der Waals surface area contributed by atoms with Gasteiger partial charge in [-0.3, -0.25) is 10.1 Å². The Balaban J connectivity index is 2.45. The van der Waals surface area contributed by atoms with Crippen LogP contribution in [0.2, 0.25) is 0 Å². The molecule has 0 amide bonds. The highest BCUT2D eigenvalue weighted by molar-refractivity contribution is 9.10. The smallest absolute Gasteiger partial charge is 0.329 e. The quantitative estimate of drug-likeness (QED) is 0.664. The molecule has 0 spiro atoms. The van der Waals surface area contributed by atoms with E-state index in [2.05, 4.69) is 31.2 Å². The van der Waals surface area contributed by atoms with Gasteiger partial charge >= 0.3 is 5.69 Å². The zero-order valence-electron chi connectivity index (χ0n) is 9.92. The van der Waals surface area contributed by atoms with E-state index in [0.717, 1.165) is 16.2 Å². The highest BCUT2D eigenvalue weighted by atomic mass is 79.9. The molecule has 2 rings (SSSR count). The number of nitrogens with zero attached hydrogens (tertiary/aromatic N) is 3. The molecule has 0 radical (unpaired) electrons. The summed E-state index contributed by atoms with van der Waals surface area (Å²) in [5, 5.41) is 13.8. The molecule has 0 aliphatic carbocycles. The fourth-order valence-corrected chi connectivity index (χ4v) is 1.85. The number of nitrogens with two attached hydrogens (primary N) is 1. The van der Waals surface area contributed by atoms with E-state index in [-0.39, 0.29) is 17.5 Å². The summed E-state index contributed by atoms with van der Waals surface area (Å²) >= 11 is 3.39. The van der Waals surface area contributed by atoms with E-state index in [1.165, 1.54) is 0 Å². The van der Waals surface area contributed by atoms with Crippen molar-refractivity contribution < 1.29 is 4.92 Å². The molecule has 3 N–H and O–H groups in total. The summed E-state index contributed by atoms with van der Waals surface area (Å²) in [4.78, 5) is 17.8. The molecule has 0 fully saturated rings. The Morgan fingerprint density at radius 2 is 2.21 bits per heavy atom. The van der Waals surface area contributed by atoms with Gasteiger partial charge in [-0.15, -0.1) is 0 Å². The predicted molar refractivity (Wildman–Crippen MR) is 75.3 cm³/mol. The van der Waals surface area contributed by atoms with Gasteiger partial charge in [0.2, 0.25) is 11.8 Å². The van der Waals surface area contributed by atoms with Crippen LogP contribution in [0.3, 0.4) is 0 Å². The van der Waals surface area contributed by atoms with Crippen LogP contribution >= 0.6 is 15.9 Å². The maximum atomic E-state index is 10.9. The molecule has 0 saturated heterocycles. The summed E-state index contributed by atoms with van der Waals surface area (Å²) in [5.74, 6) is 0.0412. The van der Waals surface area contributed by atoms with Crippen molar-refractivity contribution >= 4 is 39.1 Å². The molecule has 0 atom stereocenters. The number of hydrogen-bond acceptors (Lipinski definition) is 6. The average Bonchev–Trinajstić information content (AvgIpc) is 2.35. The van der Waals surface area contributed by atoms with Gasteiger partial charge in [0.1, 0.15) is 6.20 Å². The lowest BCUT2D eigenvalue weighted by Crippen LogP contribution is -2.04. The molecule has 8 heteroatoms. The van der Waals surface area contributed by atoms with Crippen LogP contribution in [0.4, 0.5) is 23.1 Å². The Morgan fingerprint density at radius 1 is 1.47 bits per heavy atom. The van der Waals surface area contributed by atoms with Crippen molar-refractivity contribution in [3.05, 3.63) is 44.5 Å². The number of nitro groups is 1. The van der Waals surface area contributed by atoms with Crippen LogP contribution in [0.25, 0.3) is 0 Å². The van der Waals surface area contributed by atoms with Gasteiger partial charge in [0, 0.05) is 10.2 Å². The molecule has 98 valence electrons. The van der Waals surface area contributed by atoms with Gasteiger partial charge in [-0.05, 0) is 24.6 Å². The maximum absolute atomic E-state index is 10.9. The number of rotatable bonds is 3. The minimum absolute atomic E-state index is 0.0271. The van der Waals surface area contributed by atoms with Gasteiger partial charge in [-0.25, -0.2) is 4.98 Å². The normalized spacial score (nSPS) is 10.2. The molecule has 0 aliphatic heterocycles. The van der Waals surface area contributed by atoms with E-state index < -0.39 is 4.92 Å².